The van der Waals surface area contributed by atoms with Gasteiger partial charge in [-0.05, 0) is 42.7 Å². The number of aromatic nitrogens is 2. The zero-order valence-electron chi connectivity index (χ0n) is 11.0. The number of aromatic amines is 1. The highest BCUT2D eigenvalue weighted by Gasteiger charge is 2.10. The standard InChI is InChI=1S/C16H15BrN2/c1-10-3-5-13(18-8-10)7-12-9-19-16-11(2)4-6-14(17)15(12)16/h3-6,8-9,19H,7H2,1-2H3. The summed E-state index contributed by atoms with van der Waals surface area (Å²) in [5, 5.41) is 1.27. The van der Waals surface area contributed by atoms with Gasteiger partial charge in [-0.2, -0.15) is 0 Å². The molecule has 0 saturated heterocycles. The van der Waals surface area contributed by atoms with Crippen LogP contribution in [0.25, 0.3) is 10.9 Å². The van der Waals surface area contributed by atoms with E-state index in [1.807, 2.05) is 6.20 Å². The van der Waals surface area contributed by atoms with Crippen molar-refractivity contribution in [3.05, 3.63) is 63.5 Å². The number of aryl methyl sites for hydroxylation is 2. The minimum Gasteiger partial charge on any atom is -0.361 e. The number of rotatable bonds is 2. The molecule has 2 nitrogen and oxygen atoms in total. The molecule has 3 rings (SSSR count). The van der Waals surface area contributed by atoms with Gasteiger partial charge in [0.2, 0.25) is 0 Å². The quantitative estimate of drug-likeness (QED) is 0.739. The molecule has 0 fully saturated rings. The van der Waals surface area contributed by atoms with E-state index >= 15 is 0 Å². The van der Waals surface area contributed by atoms with Gasteiger partial charge in [0.25, 0.3) is 0 Å². The Hall–Kier alpha value is -1.61. The number of hydrogen-bond donors (Lipinski definition) is 1. The Bertz CT molecular complexity index is 726. The van der Waals surface area contributed by atoms with Crippen LogP contribution in [-0.4, -0.2) is 9.97 Å². The van der Waals surface area contributed by atoms with Crippen LogP contribution in [0.4, 0.5) is 0 Å². The summed E-state index contributed by atoms with van der Waals surface area (Å²) in [6, 6.07) is 8.43. The zero-order valence-corrected chi connectivity index (χ0v) is 12.6. The second-order valence-electron chi connectivity index (χ2n) is 4.93. The third-order valence-corrected chi connectivity index (χ3v) is 4.08. The minimum absolute atomic E-state index is 0.850. The topological polar surface area (TPSA) is 28.7 Å². The Labute approximate surface area is 121 Å². The van der Waals surface area contributed by atoms with E-state index in [0.29, 0.717) is 0 Å². The number of halogens is 1. The average molecular weight is 315 g/mol. The van der Waals surface area contributed by atoms with Gasteiger partial charge in [-0.1, -0.05) is 28.1 Å². The molecule has 2 aromatic heterocycles. The molecule has 1 aromatic carbocycles. The molecule has 19 heavy (non-hydrogen) atoms. The fraction of sp³-hybridized carbons (Fsp3) is 0.188. The lowest BCUT2D eigenvalue weighted by Gasteiger charge is -2.03. The lowest BCUT2D eigenvalue weighted by atomic mass is 10.1. The van der Waals surface area contributed by atoms with Crippen LogP contribution in [0, 0.1) is 13.8 Å². The molecule has 0 unspecified atom stereocenters. The van der Waals surface area contributed by atoms with Crippen LogP contribution in [0.15, 0.2) is 41.1 Å². The van der Waals surface area contributed by atoms with E-state index in [-0.39, 0.29) is 0 Å². The van der Waals surface area contributed by atoms with Crippen LogP contribution in [0.5, 0.6) is 0 Å². The Morgan fingerprint density at radius 3 is 2.74 bits per heavy atom. The Kier molecular flexibility index (Phi) is 3.15. The van der Waals surface area contributed by atoms with E-state index in [1.54, 1.807) is 0 Å². The van der Waals surface area contributed by atoms with Crippen molar-refractivity contribution in [1.29, 1.82) is 0 Å². The van der Waals surface area contributed by atoms with Crippen molar-refractivity contribution in [3.63, 3.8) is 0 Å². The van der Waals surface area contributed by atoms with Crippen LogP contribution < -0.4 is 0 Å². The van der Waals surface area contributed by atoms with E-state index < -0.39 is 0 Å². The maximum absolute atomic E-state index is 4.48. The van der Waals surface area contributed by atoms with Gasteiger partial charge in [0.15, 0.2) is 0 Å². The molecular weight excluding hydrogens is 300 g/mol. The predicted molar refractivity (Wildman–Crippen MR) is 82.5 cm³/mol. The molecule has 0 atom stereocenters. The number of pyridine rings is 1. The van der Waals surface area contributed by atoms with Gasteiger partial charge in [0.05, 0.1) is 0 Å². The van der Waals surface area contributed by atoms with Crippen molar-refractivity contribution in [2.24, 2.45) is 0 Å². The molecule has 0 amide bonds. The molecule has 0 radical (unpaired) electrons. The molecule has 0 bridgehead atoms. The summed E-state index contributed by atoms with van der Waals surface area (Å²) in [4.78, 5) is 7.85. The van der Waals surface area contributed by atoms with Crippen LogP contribution in [0.2, 0.25) is 0 Å². The molecular formula is C16H15BrN2. The molecule has 1 N–H and O–H groups in total. The SMILES string of the molecule is Cc1ccc(Cc2c[nH]c3c(C)ccc(Br)c23)nc1. The molecule has 3 heteroatoms. The first-order valence-corrected chi connectivity index (χ1v) is 7.11. The van der Waals surface area contributed by atoms with Gasteiger partial charge in [-0.3, -0.25) is 4.98 Å². The van der Waals surface area contributed by atoms with Gasteiger partial charge in [-0.15, -0.1) is 0 Å². The van der Waals surface area contributed by atoms with Crippen molar-refractivity contribution >= 4 is 26.8 Å². The fourth-order valence-corrected chi connectivity index (χ4v) is 2.94. The summed E-state index contributed by atoms with van der Waals surface area (Å²) in [5.41, 5.74) is 6.04. The van der Waals surface area contributed by atoms with E-state index in [0.717, 1.165) is 16.6 Å². The largest absolute Gasteiger partial charge is 0.361 e. The molecule has 3 aromatic rings. The molecule has 0 spiro atoms. The Morgan fingerprint density at radius 1 is 1.16 bits per heavy atom. The van der Waals surface area contributed by atoms with Gasteiger partial charge in [-0.25, -0.2) is 0 Å². The van der Waals surface area contributed by atoms with Gasteiger partial charge in [0.1, 0.15) is 0 Å². The zero-order chi connectivity index (χ0) is 13.4. The molecule has 0 saturated carbocycles. The second-order valence-corrected chi connectivity index (χ2v) is 5.79. The molecule has 96 valence electrons. The molecule has 0 aliphatic rings. The number of nitrogens with zero attached hydrogens (tertiary/aromatic N) is 1. The third kappa shape index (κ3) is 2.30. The Morgan fingerprint density at radius 2 is 2.00 bits per heavy atom. The van der Waals surface area contributed by atoms with Crippen molar-refractivity contribution in [1.82, 2.24) is 9.97 Å². The number of hydrogen-bond acceptors (Lipinski definition) is 1. The highest BCUT2D eigenvalue weighted by Crippen LogP contribution is 2.30. The maximum atomic E-state index is 4.48. The maximum Gasteiger partial charge on any atom is 0.0498 e. The van der Waals surface area contributed by atoms with Gasteiger partial charge >= 0.3 is 0 Å². The second kappa shape index (κ2) is 4.82. The van der Waals surface area contributed by atoms with Crippen molar-refractivity contribution in [2.45, 2.75) is 20.3 Å². The lowest BCUT2D eigenvalue weighted by molar-refractivity contribution is 1.07. The van der Waals surface area contributed by atoms with Crippen LogP contribution in [0.1, 0.15) is 22.4 Å². The summed E-state index contributed by atoms with van der Waals surface area (Å²) >= 11 is 3.65. The Balaban J connectivity index is 2.06. The summed E-state index contributed by atoms with van der Waals surface area (Å²) < 4.78 is 1.14. The smallest absolute Gasteiger partial charge is 0.0498 e. The summed E-state index contributed by atoms with van der Waals surface area (Å²) in [6.07, 6.45) is 4.86. The number of fused-ring (bicyclic) bond motifs is 1. The normalized spacial score (nSPS) is 11.1. The van der Waals surface area contributed by atoms with E-state index in [2.05, 4.69) is 70.2 Å². The highest BCUT2D eigenvalue weighted by molar-refractivity contribution is 9.10. The summed E-state index contributed by atoms with van der Waals surface area (Å²) in [5.74, 6) is 0. The molecule has 0 aliphatic carbocycles. The van der Waals surface area contributed by atoms with Crippen LogP contribution in [0.3, 0.4) is 0 Å². The number of benzene rings is 1. The lowest BCUT2D eigenvalue weighted by Crippen LogP contribution is -1.91. The van der Waals surface area contributed by atoms with Gasteiger partial charge in [0, 0.05) is 39.9 Å². The third-order valence-electron chi connectivity index (χ3n) is 3.42. The monoisotopic (exact) mass is 314 g/mol. The van der Waals surface area contributed by atoms with Gasteiger partial charge < -0.3 is 4.98 Å². The first kappa shape index (κ1) is 12.4. The first-order valence-electron chi connectivity index (χ1n) is 6.32. The summed E-state index contributed by atoms with van der Waals surface area (Å²) in [7, 11) is 0. The van der Waals surface area contributed by atoms with Crippen molar-refractivity contribution in [3.8, 4) is 0 Å². The van der Waals surface area contributed by atoms with Crippen molar-refractivity contribution < 1.29 is 0 Å². The molecule has 2 heterocycles. The molecule has 0 aliphatic heterocycles. The highest BCUT2D eigenvalue weighted by atomic mass is 79.9. The number of H-pyrrole nitrogens is 1. The van der Waals surface area contributed by atoms with E-state index in [1.165, 1.54) is 27.6 Å². The van der Waals surface area contributed by atoms with Crippen molar-refractivity contribution in [2.75, 3.05) is 0 Å². The fourth-order valence-electron chi connectivity index (χ4n) is 2.35. The summed E-state index contributed by atoms with van der Waals surface area (Å²) in [6.45, 7) is 4.18. The minimum atomic E-state index is 0.850. The number of nitrogens with one attached hydrogen (secondary N) is 1. The predicted octanol–water partition coefficient (Wildman–Crippen LogP) is 4.53. The van der Waals surface area contributed by atoms with E-state index in [9.17, 15) is 0 Å². The first-order chi connectivity index (χ1) is 9.15. The van der Waals surface area contributed by atoms with E-state index in [4.69, 9.17) is 0 Å². The average Bonchev–Trinajstić information content (AvgIpc) is 2.82. The van der Waals surface area contributed by atoms with Crippen LogP contribution >= 0.6 is 15.9 Å². The van der Waals surface area contributed by atoms with Crippen LogP contribution in [-0.2, 0) is 6.42 Å².